The lowest BCUT2D eigenvalue weighted by Crippen LogP contribution is -2.50. The fraction of sp³-hybridized carbons (Fsp3) is 1.00. The molecule has 1 aliphatic rings. The maximum Gasteiger partial charge on any atom is 0.253 e. The zero-order chi connectivity index (χ0) is 11.6. The van der Waals surface area contributed by atoms with E-state index in [0.717, 1.165) is 12.6 Å². The Hall–Kier alpha value is -0.00312. The number of hydrogen-bond donors (Lipinski definition) is 1. The summed E-state index contributed by atoms with van der Waals surface area (Å²) in [6.45, 7) is 7.14. The predicted molar refractivity (Wildman–Crippen MR) is 61.9 cm³/mol. The quantitative estimate of drug-likeness (QED) is 0.756. The zero-order valence-corrected chi connectivity index (χ0v) is 10.8. The summed E-state index contributed by atoms with van der Waals surface area (Å²) in [7, 11) is -1.33. The first-order valence-electron chi connectivity index (χ1n) is 5.59. The van der Waals surface area contributed by atoms with Crippen LogP contribution in [0.25, 0.3) is 0 Å². The molecular weight excluding hydrogens is 214 g/mol. The highest BCUT2D eigenvalue weighted by atomic mass is 28.3. The molecule has 0 aromatic rings. The van der Waals surface area contributed by atoms with Crippen LogP contribution in [0, 0.1) is 0 Å². The van der Waals surface area contributed by atoms with Gasteiger partial charge >= 0.3 is 0 Å². The van der Waals surface area contributed by atoms with Crippen LogP contribution in [0.4, 0.5) is 8.78 Å². The third-order valence-electron chi connectivity index (χ3n) is 2.91. The summed E-state index contributed by atoms with van der Waals surface area (Å²) in [6, 6.07) is -0.374. The van der Waals surface area contributed by atoms with Crippen molar-refractivity contribution in [1.29, 1.82) is 0 Å². The number of rotatable bonds is 4. The molecule has 0 saturated carbocycles. The van der Waals surface area contributed by atoms with Crippen LogP contribution >= 0.6 is 0 Å². The van der Waals surface area contributed by atoms with E-state index in [2.05, 4.69) is 19.6 Å². The van der Waals surface area contributed by atoms with Crippen LogP contribution in [-0.2, 0) is 0 Å². The van der Waals surface area contributed by atoms with Gasteiger partial charge in [0.2, 0.25) is 0 Å². The van der Waals surface area contributed by atoms with Crippen LogP contribution in [0.1, 0.15) is 12.8 Å². The van der Waals surface area contributed by atoms with Crippen molar-refractivity contribution in [3.63, 3.8) is 0 Å². The molecule has 0 bridgehead atoms. The van der Waals surface area contributed by atoms with Crippen LogP contribution in [0.2, 0.25) is 19.6 Å². The average Bonchev–Trinajstić information content (AvgIpc) is 2.44. The SMILES string of the molecule is C[Si](C)(C)CN1C(CN)CCC1C(F)F. The number of nitrogens with two attached hydrogens (primary N) is 1. The Labute approximate surface area is 91.8 Å². The highest BCUT2D eigenvalue weighted by Gasteiger charge is 2.39. The second kappa shape index (κ2) is 4.89. The van der Waals surface area contributed by atoms with Crippen LogP contribution in [0.15, 0.2) is 0 Å². The van der Waals surface area contributed by atoms with Crippen LogP contribution in [-0.4, -0.2) is 44.2 Å². The number of halogens is 2. The highest BCUT2D eigenvalue weighted by Crippen LogP contribution is 2.29. The van der Waals surface area contributed by atoms with Crippen molar-refractivity contribution in [3.8, 4) is 0 Å². The van der Waals surface area contributed by atoms with Gasteiger partial charge in [0.05, 0.1) is 14.1 Å². The Morgan fingerprint density at radius 2 is 1.93 bits per heavy atom. The van der Waals surface area contributed by atoms with Crippen molar-refractivity contribution in [3.05, 3.63) is 0 Å². The van der Waals surface area contributed by atoms with Gasteiger partial charge in [-0.05, 0) is 19.0 Å². The smallest absolute Gasteiger partial charge is 0.253 e. The Morgan fingerprint density at radius 1 is 1.33 bits per heavy atom. The third-order valence-corrected chi connectivity index (χ3v) is 4.22. The number of likely N-dealkylation sites (tertiary alicyclic amines) is 1. The van der Waals surface area contributed by atoms with Gasteiger partial charge in [0.15, 0.2) is 0 Å². The van der Waals surface area contributed by atoms with Crippen molar-refractivity contribution in [2.75, 3.05) is 12.7 Å². The minimum Gasteiger partial charge on any atom is -0.329 e. The summed E-state index contributed by atoms with van der Waals surface area (Å²) >= 11 is 0. The summed E-state index contributed by atoms with van der Waals surface area (Å²) in [5, 5.41) is 0. The van der Waals surface area contributed by atoms with E-state index in [1.807, 2.05) is 4.90 Å². The van der Waals surface area contributed by atoms with Crippen molar-refractivity contribution >= 4 is 8.07 Å². The normalized spacial score (nSPS) is 29.0. The van der Waals surface area contributed by atoms with E-state index in [1.165, 1.54) is 0 Å². The molecule has 0 aromatic heterocycles. The van der Waals surface area contributed by atoms with Crippen LogP contribution in [0.3, 0.4) is 0 Å². The van der Waals surface area contributed by atoms with Gasteiger partial charge in [-0.3, -0.25) is 4.90 Å². The molecule has 2 nitrogen and oxygen atoms in total. The standard InChI is InChI=1S/C10H22F2N2Si/c1-15(2,3)7-14-8(6-13)4-5-9(14)10(11)12/h8-10H,4-7,13H2,1-3H3. The number of alkyl halides is 2. The van der Waals surface area contributed by atoms with Gasteiger partial charge < -0.3 is 5.73 Å². The third kappa shape index (κ3) is 3.50. The molecule has 1 fully saturated rings. The fourth-order valence-electron chi connectivity index (χ4n) is 2.28. The van der Waals surface area contributed by atoms with Gasteiger partial charge in [0.1, 0.15) is 0 Å². The molecule has 0 aromatic carbocycles. The molecule has 0 amide bonds. The van der Waals surface area contributed by atoms with E-state index in [9.17, 15) is 8.78 Å². The molecule has 1 saturated heterocycles. The predicted octanol–water partition coefficient (Wildman–Crippen LogP) is 1.92. The maximum absolute atomic E-state index is 12.8. The van der Waals surface area contributed by atoms with Crippen molar-refractivity contribution < 1.29 is 8.78 Å². The monoisotopic (exact) mass is 236 g/mol. The molecule has 15 heavy (non-hydrogen) atoms. The van der Waals surface area contributed by atoms with Gasteiger partial charge in [-0.25, -0.2) is 8.78 Å². The summed E-state index contributed by atoms with van der Waals surface area (Å²) in [6.07, 6.45) is 0.0436. The molecule has 0 aliphatic carbocycles. The van der Waals surface area contributed by atoms with Crippen LogP contribution in [0.5, 0.6) is 0 Å². The number of nitrogens with zero attached hydrogens (tertiary/aromatic N) is 1. The van der Waals surface area contributed by atoms with E-state index in [1.54, 1.807) is 0 Å². The molecule has 0 radical (unpaired) electrons. The van der Waals surface area contributed by atoms with Gasteiger partial charge in [-0.1, -0.05) is 19.6 Å². The first-order valence-corrected chi connectivity index (χ1v) is 9.30. The molecule has 2 atom stereocenters. The van der Waals surface area contributed by atoms with Gasteiger partial charge in [0, 0.05) is 12.6 Å². The molecule has 1 heterocycles. The Balaban J connectivity index is 2.68. The lowest BCUT2D eigenvalue weighted by molar-refractivity contribution is 0.0429. The second-order valence-electron chi connectivity index (χ2n) is 5.60. The van der Waals surface area contributed by atoms with E-state index in [0.29, 0.717) is 13.0 Å². The molecule has 2 unspecified atom stereocenters. The van der Waals surface area contributed by atoms with Crippen molar-refractivity contribution in [1.82, 2.24) is 4.90 Å². The Kier molecular flexibility index (Phi) is 4.26. The first kappa shape index (κ1) is 13.1. The van der Waals surface area contributed by atoms with Gasteiger partial charge in [0.25, 0.3) is 6.43 Å². The summed E-state index contributed by atoms with van der Waals surface area (Å²) in [5.74, 6) is 0. The largest absolute Gasteiger partial charge is 0.329 e. The minimum absolute atomic E-state index is 0.177. The lowest BCUT2D eigenvalue weighted by Gasteiger charge is -2.34. The average molecular weight is 236 g/mol. The molecule has 0 spiro atoms. The zero-order valence-electron chi connectivity index (χ0n) is 9.84. The highest BCUT2D eigenvalue weighted by molar-refractivity contribution is 6.76. The van der Waals surface area contributed by atoms with Crippen molar-refractivity contribution in [2.24, 2.45) is 5.73 Å². The first-order chi connectivity index (χ1) is 6.85. The number of hydrogen-bond acceptors (Lipinski definition) is 2. The Morgan fingerprint density at radius 3 is 2.33 bits per heavy atom. The second-order valence-corrected chi connectivity index (χ2v) is 11.0. The topological polar surface area (TPSA) is 29.3 Å². The van der Waals surface area contributed by atoms with E-state index < -0.39 is 20.5 Å². The maximum atomic E-state index is 12.8. The molecule has 5 heteroatoms. The molecular formula is C10H22F2N2Si. The van der Waals surface area contributed by atoms with Gasteiger partial charge in [-0.2, -0.15) is 0 Å². The fourth-order valence-corrected chi connectivity index (χ4v) is 3.87. The molecule has 1 rings (SSSR count). The van der Waals surface area contributed by atoms with Crippen LogP contribution < -0.4 is 5.73 Å². The summed E-state index contributed by atoms with van der Waals surface area (Å²) < 4.78 is 25.6. The summed E-state index contributed by atoms with van der Waals surface area (Å²) in [4.78, 5) is 1.97. The molecule has 1 aliphatic heterocycles. The lowest BCUT2D eigenvalue weighted by atomic mass is 10.2. The van der Waals surface area contributed by atoms with Gasteiger partial charge in [-0.15, -0.1) is 0 Å². The van der Waals surface area contributed by atoms with Crippen molar-refractivity contribution in [2.45, 2.75) is 51.0 Å². The molecule has 2 N–H and O–H groups in total. The Bertz CT molecular complexity index is 206. The van der Waals surface area contributed by atoms with E-state index in [-0.39, 0.29) is 6.04 Å². The van der Waals surface area contributed by atoms with E-state index >= 15 is 0 Å². The molecule has 90 valence electrons. The summed E-state index contributed by atoms with van der Waals surface area (Å²) in [5.41, 5.74) is 5.63. The minimum atomic E-state index is -2.22. The van der Waals surface area contributed by atoms with E-state index in [4.69, 9.17) is 5.73 Å².